The van der Waals surface area contributed by atoms with E-state index in [4.69, 9.17) is 11.6 Å². The smallest absolute Gasteiger partial charge is 0.252 e. The van der Waals surface area contributed by atoms with Crippen molar-refractivity contribution in [2.24, 2.45) is 5.92 Å². The lowest BCUT2D eigenvalue weighted by Crippen LogP contribution is -2.44. The summed E-state index contributed by atoms with van der Waals surface area (Å²) in [6.07, 6.45) is 1.91. The molecule has 0 radical (unpaired) electrons. The normalized spacial score (nSPS) is 15.6. The number of piperidine rings is 1. The molecular weight excluding hydrogens is 586 g/mol. The third-order valence-electron chi connectivity index (χ3n) is 6.40. The minimum absolute atomic E-state index is 0.132. The van der Waals surface area contributed by atoms with Gasteiger partial charge in [0.15, 0.2) is 15.0 Å². The summed E-state index contributed by atoms with van der Waals surface area (Å²) >= 11 is 8.22. The quantitative estimate of drug-likeness (QED) is 0.290. The van der Waals surface area contributed by atoms with E-state index in [-0.39, 0.29) is 34.0 Å². The molecule has 0 unspecified atom stereocenters. The molecule has 200 valence electrons. The summed E-state index contributed by atoms with van der Waals surface area (Å²) in [7, 11) is -7.05. The van der Waals surface area contributed by atoms with E-state index in [1.807, 2.05) is 30.3 Å². The molecule has 0 saturated carbocycles. The van der Waals surface area contributed by atoms with Crippen LogP contribution in [0.25, 0.3) is 10.2 Å². The Hall–Kier alpha value is -2.35. The summed E-state index contributed by atoms with van der Waals surface area (Å²) in [6, 6.07) is 17.4. The lowest BCUT2D eigenvalue weighted by Gasteiger charge is -2.32. The number of amides is 1. The average molecular weight is 610 g/mol. The number of carbonyl (C=O) groups excluding carboxylic acids is 1. The van der Waals surface area contributed by atoms with Crippen molar-refractivity contribution in [3.8, 4) is 0 Å². The van der Waals surface area contributed by atoms with Gasteiger partial charge in [0, 0.05) is 25.3 Å². The molecule has 1 aliphatic heterocycles. The van der Waals surface area contributed by atoms with Gasteiger partial charge in [0.1, 0.15) is 4.21 Å². The molecule has 5 rings (SSSR count). The van der Waals surface area contributed by atoms with Crippen molar-refractivity contribution >= 4 is 75.4 Å². The van der Waals surface area contributed by atoms with E-state index in [2.05, 4.69) is 4.98 Å². The highest BCUT2D eigenvalue weighted by atomic mass is 35.5. The number of hydrogen-bond donors (Lipinski definition) is 0. The second kappa shape index (κ2) is 10.7. The van der Waals surface area contributed by atoms with Gasteiger partial charge in [-0.05, 0) is 48.7 Å². The van der Waals surface area contributed by atoms with Crippen LogP contribution in [0.3, 0.4) is 0 Å². The molecule has 8 nitrogen and oxygen atoms in total. The molecule has 1 amide bonds. The Bertz CT molecular complexity index is 1690. The van der Waals surface area contributed by atoms with Crippen LogP contribution in [0.5, 0.6) is 0 Å². The van der Waals surface area contributed by atoms with Crippen molar-refractivity contribution in [3.63, 3.8) is 0 Å². The fraction of sp³-hybridized carbons (Fsp3) is 0.280. The second-order valence-electron chi connectivity index (χ2n) is 9.05. The van der Waals surface area contributed by atoms with Crippen molar-refractivity contribution in [1.29, 1.82) is 0 Å². The number of sulfonamides is 1. The zero-order valence-electron chi connectivity index (χ0n) is 20.3. The standard InChI is InChI=1S/C25H24ClN3O5S4/c1-37(31,32)19-7-8-20-21(15-19)35-25(27-20)29(16-17-5-3-2-4-6-17)24(30)18-11-13-28(14-12-18)38(33,34)23-10-9-22(26)36-23/h2-10,15,18H,11-14,16H2,1H3. The van der Waals surface area contributed by atoms with Crippen LogP contribution in [0.1, 0.15) is 18.4 Å². The lowest BCUT2D eigenvalue weighted by atomic mass is 9.96. The predicted molar refractivity (Wildman–Crippen MR) is 151 cm³/mol. The summed E-state index contributed by atoms with van der Waals surface area (Å²) in [5.74, 6) is -0.511. The Kier molecular flexibility index (Phi) is 7.64. The van der Waals surface area contributed by atoms with Crippen molar-refractivity contribution in [1.82, 2.24) is 9.29 Å². The van der Waals surface area contributed by atoms with Crippen LogP contribution < -0.4 is 4.90 Å². The number of fused-ring (bicyclic) bond motifs is 1. The zero-order chi connectivity index (χ0) is 27.1. The molecule has 0 N–H and O–H groups in total. The molecule has 38 heavy (non-hydrogen) atoms. The van der Waals surface area contributed by atoms with Crippen LogP contribution >= 0.6 is 34.3 Å². The van der Waals surface area contributed by atoms with Gasteiger partial charge in [-0.25, -0.2) is 21.8 Å². The minimum atomic E-state index is -3.66. The van der Waals surface area contributed by atoms with E-state index < -0.39 is 19.9 Å². The molecule has 0 atom stereocenters. The summed E-state index contributed by atoms with van der Waals surface area (Å²) in [5.41, 5.74) is 1.53. The molecule has 0 bridgehead atoms. The number of rotatable bonds is 7. The number of thiophene rings is 1. The van der Waals surface area contributed by atoms with E-state index >= 15 is 0 Å². The maximum Gasteiger partial charge on any atom is 0.252 e. The Morgan fingerprint density at radius 2 is 1.74 bits per heavy atom. The highest BCUT2D eigenvalue weighted by molar-refractivity contribution is 7.91. The van der Waals surface area contributed by atoms with Gasteiger partial charge in [-0.2, -0.15) is 4.31 Å². The fourth-order valence-corrected chi connectivity index (χ4v) is 9.21. The van der Waals surface area contributed by atoms with Crippen LogP contribution in [-0.4, -0.2) is 51.4 Å². The van der Waals surface area contributed by atoms with E-state index in [0.29, 0.717) is 39.1 Å². The Labute approximate surface area is 234 Å². The third kappa shape index (κ3) is 5.65. The second-order valence-corrected chi connectivity index (χ2v) is 15.9. The molecular formula is C25H24ClN3O5S4. The summed E-state index contributed by atoms with van der Waals surface area (Å²) in [5, 5.41) is 0.475. The highest BCUT2D eigenvalue weighted by Gasteiger charge is 2.35. The molecule has 1 saturated heterocycles. The first kappa shape index (κ1) is 27.2. The van der Waals surface area contributed by atoms with Gasteiger partial charge in [0.2, 0.25) is 5.91 Å². The molecule has 1 fully saturated rings. The van der Waals surface area contributed by atoms with Crippen molar-refractivity contribution < 1.29 is 21.6 Å². The number of aromatic nitrogens is 1. The Balaban J connectivity index is 1.40. The number of halogens is 1. The van der Waals surface area contributed by atoms with Crippen LogP contribution in [0.4, 0.5) is 5.13 Å². The lowest BCUT2D eigenvalue weighted by molar-refractivity contribution is -0.123. The largest absolute Gasteiger partial charge is 0.283 e. The van der Waals surface area contributed by atoms with Gasteiger partial charge in [-0.15, -0.1) is 11.3 Å². The van der Waals surface area contributed by atoms with Crippen LogP contribution in [0.15, 0.2) is 69.8 Å². The van der Waals surface area contributed by atoms with Gasteiger partial charge >= 0.3 is 0 Å². The van der Waals surface area contributed by atoms with Crippen molar-refractivity contribution in [2.75, 3.05) is 24.2 Å². The molecule has 0 spiro atoms. The van der Waals surface area contributed by atoms with E-state index in [1.54, 1.807) is 23.1 Å². The van der Waals surface area contributed by atoms with Gasteiger partial charge < -0.3 is 0 Å². The number of carbonyl (C=O) groups is 1. The predicted octanol–water partition coefficient (Wildman–Crippen LogP) is 5.05. The maximum atomic E-state index is 13.8. The average Bonchev–Trinajstić information content (AvgIpc) is 3.53. The Morgan fingerprint density at radius 1 is 1.03 bits per heavy atom. The summed E-state index contributed by atoms with van der Waals surface area (Å²) < 4.78 is 52.7. The zero-order valence-corrected chi connectivity index (χ0v) is 24.3. The molecule has 3 heterocycles. The SMILES string of the molecule is CS(=O)(=O)c1ccc2nc(N(Cc3ccccc3)C(=O)C3CCN(S(=O)(=O)c4ccc(Cl)s4)CC3)sc2c1. The molecule has 13 heteroatoms. The van der Waals surface area contributed by atoms with Gasteiger partial charge in [0.05, 0.1) is 26.0 Å². The number of nitrogens with zero attached hydrogens (tertiary/aromatic N) is 3. The first-order chi connectivity index (χ1) is 18.0. The fourth-order valence-electron chi connectivity index (χ4n) is 4.37. The number of hydrogen-bond acceptors (Lipinski definition) is 8. The van der Waals surface area contributed by atoms with E-state index in [0.717, 1.165) is 23.2 Å². The van der Waals surface area contributed by atoms with Crippen molar-refractivity contribution in [2.45, 2.75) is 28.5 Å². The molecule has 0 aliphatic carbocycles. The number of anilines is 1. The number of benzene rings is 2. The first-order valence-electron chi connectivity index (χ1n) is 11.7. The maximum absolute atomic E-state index is 13.8. The topological polar surface area (TPSA) is 105 Å². The van der Waals surface area contributed by atoms with Gasteiger partial charge in [0.25, 0.3) is 10.0 Å². The Morgan fingerprint density at radius 3 is 2.37 bits per heavy atom. The first-order valence-corrected chi connectivity index (χ1v) is 17.1. The minimum Gasteiger partial charge on any atom is -0.283 e. The number of sulfone groups is 1. The van der Waals surface area contributed by atoms with Crippen LogP contribution in [-0.2, 0) is 31.2 Å². The van der Waals surface area contributed by atoms with Crippen molar-refractivity contribution in [3.05, 3.63) is 70.6 Å². The highest BCUT2D eigenvalue weighted by Crippen LogP contribution is 2.35. The van der Waals surface area contributed by atoms with Crippen LogP contribution in [0.2, 0.25) is 4.34 Å². The molecule has 4 aromatic rings. The van der Waals surface area contributed by atoms with E-state index in [9.17, 15) is 21.6 Å². The van der Waals surface area contributed by atoms with Gasteiger partial charge in [-0.3, -0.25) is 9.69 Å². The summed E-state index contributed by atoms with van der Waals surface area (Å²) in [6.45, 7) is 0.751. The third-order valence-corrected chi connectivity index (χ3v) is 12.2. The van der Waals surface area contributed by atoms with Gasteiger partial charge in [-0.1, -0.05) is 53.3 Å². The van der Waals surface area contributed by atoms with Crippen LogP contribution in [0, 0.1) is 5.92 Å². The monoisotopic (exact) mass is 609 g/mol. The molecule has 2 aromatic heterocycles. The van der Waals surface area contributed by atoms with E-state index in [1.165, 1.54) is 27.8 Å². The molecule has 2 aromatic carbocycles. The summed E-state index contributed by atoms with van der Waals surface area (Å²) in [4.78, 5) is 20.3. The molecule has 1 aliphatic rings. The number of thiazole rings is 1.